The molecule has 0 aliphatic heterocycles. The molecule has 0 atom stereocenters. The molecule has 6 heteroatoms. The lowest BCUT2D eigenvalue weighted by Gasteiger charge is -2.19. The van der Waals surface area contributed by atoms with Crippen molar-refractivity contribution >= 4 is 16.5 Å². The third-order valence-electron chi connectivity index (χ3n) is 2.69. The van der Waals surface area contributed by atoms with Gasteiger partial charge in [0.1, 0.15) is 0 Å². The summed E-state index contributed by atoms with van der Waals surface area (Å²) in [7, 11) is 1.71. The Hall–Kier alpha value is -0.690. The van der Waals surface area contributed by atoms with E-state index in [0.717, 1.165) is 51.1 Å². The van der Waals surface area contributed by atoms with Crippen LogP contribution in [0.2, 0.25) is 0 Å². The fraction of sp³-hybridized carbons (Fsp3) is 0.769. The minimum atomic E-state index is 0.737. The Morgan fingerprint density at radius 1 is 1.37 bits per heavy atom. The van der Waals surface area contributed by atoms with E-state index in [2.05, 4.69) is 22.1 Å². The van der Waals surface area contributed by atoms with E-state index in [9.17, 15) is 0 Å². The normalized spacial score (nSPS) is 10.9. The molecular formula is C13H25N3O2S. The predicted octanol–water partition coefficient (Wildman–Crippen LogP) is 1.74. The summed E-state index contributed by atoms with van der Waals surface area (Å²) in [6.45, 7) is 9.99. The van der Waals surface area contributed by atoms with Gasteiger partial charge in [-0.3, -0.25) is 0 Å². The maximum atomic E-state index is 5.39. The second-order valence-corrected chi connectivity index (χ2v) is 5.15. The number of hydrogen-bond acceptors (Lipinski definition) is 6. The molecule has 1 heterocycles. The summed E-state index contributed by atoms with van der Waals surface area (Å²) in [6, 6.07) is 0. The van der Waals surface area contributed by atoms with Crippen molar-refractivity contribution in [2.24, 2.45) is 0 Å². The molecule has 0 fully saturated rings. The van der Waals surface area contributed by atoms with Gasteiger partial charge in [-0.2, -0.15) is 0 Å². The zero-order valence-electron chi connectivity index (χ0n) is 12.1. The number of nitrogens with zero attached hydrogens (tertiary/aromatic N) is 2. The summed E-state index contributed by atoms with van der Waals surface area (Å²) >= 11 is 1.74. The van der Waals surface area contributed by atoms with Crippen LogP contribution in [0.15, 0.2) is 6.20 Å². The number of thiazole rings is 1. The van der Waals surface area contributed by atoms with Crippen LogP contribution in [0.3, 0.4) is 0 Å². The van der Waals surface area contributed by atoms with Crippen LogP contribution in [0, 0.1) is 0 Å². The van der Waals surface area contributed by atoms with Crippen molar-refractivity contribution < 1.29 is 9.47 Å². The third kappa shape index (κ3) is 6.33. The molecule has 0 bridgehead atoms. The Bertz CT molecular complexity index is 333. The van der Waals surface area contributed by atoms with Gasteiger partial charge in [0, 0.05) is 51.0 Å². The predicted molar refractivity (Wildman–Crippen MR) is 80.1 cm³/mol. The second kappa shape index (κ2) is 10.1. The van der Waals surface area contributed by atoms with Gasteiger partial charge in [0.2, 0.25) is 0 Å². The van der Waals surface area contributed by atoms with E-state index in [4.69, 9.17) is 9.47 Å². The molecule has 0 aromatic carbocycles. The summed E-state index contributed by atoms with van der Waals surface area (Å²) in [5.74, 6) is 0. The third-order valence-corrected chi connectivity index (χ3v) is 3.74. The highest BCUT2D eigenvalue weighted by Crippen LogP contribution is 2.22. The molecule has 1 rings (SSSR count). The first-order valence-electron chi connectivity index (χ1n) is 6.78. The zero-order valence-corrected chi connectivity index (χ0v) is 13.0. The maximum Gasteiger partial charge on any atom is 0.185 e. The van der Waals surface area contributed by atoms with Crippen LogP contribution in [-0.4, -0.2) is 51.5 Å². The van der Waals surface area contributed by atoms with Gasteiger partial charge in [-0.05, 0) is 13.8 Å². The standard InChI is InChI=1S/C13H25N3O2S/c1-4-16(7-9-18-5-2)13-15-11-12(19-13)10-14-6-8-17-3/h11,14H,4-10H2,1-3H3. The number of ether oxygens (including phenoxy) is 2. The summed E-state index contributed by atoms with van der Waals surface area (Å²) in [5.41, 5.74) is 0. The highest BCUT2D eigenvalue weighted by molar-refractivity contribution is 7.15. The molecule has 0 saturated heterocycles. The van der Waals surface area contributed by atoms with Crippen molar-refractivity contribution in [1.29, 1.82) is 0 Å². The summed E-state index contributed by atoms with van der Waals surface area (Å²) in [6.07, 6.45) is 1.95. The SMILES string of the molecule is CCOCCN(CC)c1ncc(CNCCOC)s1. The number of aromatic nitrogens is 1. The molecule has 0 amide bonds. The molecule has 19 heavy (non-hydrogen) atoms. The van der Waals surface area contributed by atoms with Gasteiger partial charge >= 0.3 is 0 Å². The Morgan fingerprint density at radius 2 is 2.21 bits per heavy atom. The number of anilines is 1. The largest absolute Gasteiger partial charge is 0.383 e. The fourth-order valence-corrected chi connectivity index (χ4v) is 2.59. The highest BCUT2D eigenvalue weighted by Gasteiger charge is 2.09. The summed E-state index contributed by atoms with van der Waals surface area (Å²) in [5, 5.41) is 4.40. The van der Waals surface area contributed by atoms with E-state index in [1.165, 1.54) is 4.88 Å². The first kappa shape index (κ1) is 16.4. The first-order chi connectivity index (χ1) is 9.31. The van der Waals surface area contributed by atoms with Gasteiger partial charge in [-0.25, -0.2) is 4.98 Å². The quantitative estimate of drug-likeness (QED) is 0.628. The van der Waals surface area contributed by atoms with E-state index in [-0.39, 0.29) is 0 Å². The molecule has 0 spiro atoms. The molecule has 1 aromatic heterocycles. The van der Waals surface area contributed by atoms with Crippen LogP contribution in [-0.2, 0) is 16.0 Å². The number of methoxy groups -OCH3 is 1. The molecule has 0 aliphatic rings. The molecular weight excluding hydrogens is 262 g/mol. The average molecular weight is 287 g/mol. The lowest BCUT2D eigenvalue weighted by Crippen LogP contribution is -2.26. The van der Waals surface area contributed by atoms with Crippen molar-refractivity contribution in [2.75, 3.05) is 51.5 Å². The van der Waals surface area contributed by atoms with Gasteiger partial charge in [-0.15, -0.1) is 11.3 Å². The molecule has 0 unspecified atom stereocenters. The van der Waals surface area contributed by atoms with E-state index in [1.807, 2.05) is 13.1 Å². The van der Waals surface area contributed by atoms with E-state index >= 15 is 0 Å². The molecule has 0 saturated carbocycles. The lowest BCUT2D eigenvalue weighted by atomic mass is 10.5. The van der Waals surface area contributed by atoms with Crippen LogP contribution in [0.25, 0.3) is 0 Å². The van der Waals surface area contributed by atoms with Crippen molar-refractivity contribution in [2.45, 2.75) is 20.4 Å². The molecule has 1 aromatic rings. The van der Waals surface area contributed by atoms with Crippen LogP contribution in [0.4, 0.5) is 5.13 Å². The van der Waals surface area contributed by atoms with Crippen LogP contribution < -0.4 is 10.2 Å². The van der Waals surface area contributed by atoms with Gasteiger partial charge in [0.15, 0.2) is 5.13 Å². The number of hydrogen-bond donors (Lipinski definition) is 1. The minimum absolute atomic E-state index is 0.737. The van der Waals surface area contributed by atoms with Crippen molar-refractivity contribution in [3.63, 3.8) is 0 Å². The van der Waals surface area contributed by atoms with Gasteiger partial charge < -0.3 is 19.7 Å². The Kier molecular flexibility index (Phi) is 8.73. The Labute approximate surface area is 119 Å². The molecule has 0 aliphatic carbocycles. The van der Waals surface area contributed by atoms with E-state index < -0.39 is 0 Å². The monoisotopic (exact) mass is 287 g/mol. The smallest absolute Gasteiger partial charge is 0.185 e. The van der Waals surface area contributed by atoms with E-state index in [0.29, 0.717) is 0 Å². The van der Waals surface area contributed by atoms with Crippen molar-refractivity contribution in [3.05, 3.63) is 11.1 Å². The molecule has 1 N–H and O–H groups in total. The fourth-order valence-electron chi connectivity index (χ4n) is 1.62. The summed E-state index contributed by atoms with van der Waals surface area (Å²) < 4.78 is 10.4. The highest BCUT2D eigenvalue weighted by atomic mass is 32.1. The van der Waals surface area contributed by atoms with Gasteiger partial charge in [0.25, 0.3) is 0 Å². The Morgan fingerprint density at radius 3 is 2.89 bits per heavy atom. The van der Waals surface area contributed by atoms with Crippen LogP contribution >= 0.6 is 11.3 Å². The van der Waals surface area contributed by atoms with Crippen molar-refractivity contribution in [3.8, 4) is 0 Å². The molecule has 110 valence electrons. The molecule has 5 nitrogen and oxygen atoms in total. The maximum absolute atomic E-state index is 5.39. The molecule has 0 radical (unpaired) electrons. The number of rotatable bonds is 11. The second-order valence-electron chi connectivity index (χ2n) is 4.06. The van der Waals surface area contributed by atoms with Crippen LogP contribution in [0.1, 0.15) is 18.7 Å². The average Bonchev–Trinajstić information content (AvgIpc) is 2.88. The van der Waals surface area contributed by atoms with Gasteiger partial charge in [-0.1, -0.05) is 0 Å². The van der Waals surface area contributed by atoms with Crippen LogP contribution in [0.5, 0.6) is 0 Å². The Balaban J connectivity index is 2.37. The first-order valence-corrected chi connectivity index (χ1v) is 7.60. The topological polar surface area (TPSA) is 46.6 Å². The number of nitrogens with one attached hydrogen (secondary N) is 1. The minimum Gasteiger partial charge on any atom is -0.383 e. The lowest BCUT2D eigenvalue weighted by molar-refractivity contribution is 0.154. The number of likely N-dealkylation sites (N-methyl/N-ethyl adjacent to an activating group) is 1. The van der Waals surface area contributed by atoms with E-state index in [1.54, 1.807) is 18.4 Å². The zero-order chi connectivity index (χ0) is 13.9. The van der Waals surface area contributed by atoms with Crippen molar-refractivity contribution in [1.82, 2.24) is 10.3 Å². The van der Waals surface area contributed by atoms with Gasteiger partial charge in [0.05, 0.1) is 13.2 Å². The summed E-state index contributed by atoms with van der Waals surface area (Å²) in [4.78, 5) is 7.98.